The summed E-state index contributed by atoms with van der Waals surface area (Å²) < 4.78 is 5.44. The number of anilines is 2. The molecule has 1 aromatic carbocycles. The van der Waals surface area contributed by atoms with Gasteiger partial charge < -0.3 is 14.5 Å². The van der Waals surface area contributed by atoms with Crippen LogP contribution in [0.5, 0.6) is 5.75 Å². The van der Waals surface area contributed by atoms with Crippen molar-refractivity contribution in [3.63, 3.8) is 0 Å². The summed E-state index contributed by atoms with van der Waals surface area (Å²) in [6.07, 6.45) is 4.54. The summed E-state index contributed by atoms with van der Waals surface area (Å²) in [7, 11) is 1.66. The lowest BCUT2D eigenvalue weighted by atomic mass is 10.2. The lowest BCUT2D eigenvalue weighted by Crippen LogP contribution is -2.49. The van der Waals surface area contributed by atoms with Crippen molar-refractivity contribution in [2.45, 2.75) is 6.42 Å². The molecule has 2 aromatic heterocycles. The molecule has 2 amide bonds. The van der Waals surface area contributed by atoms with Gasteiger partial charge in [0.15, 0.2) is 5.13 Å². The Balaban J connectivity index is 1.30. The number of nitrogens with zero attached hydrogens (tertiary/aromatic N) is 5. The molecule has 4 rings (SSSR count). The van der Waals surface area contributed by atoms with Gasteiger partial charge in [-0.05, 0) is 12.1 Å². The molecule has 0 aliphatic carbocycles. The van der Waals surface area contributed by atoms with E-state index in [1.807, 2.05) is 29.2 Å². The van der Waals surface area contributed by atoms with Crippen LogP contribution in [-0.2, 0) is 11.2 Å². The molecule has 0 radical (unpaired) electrons. The first-order valence-electron chi connectivity index (χ1n) is 9.81. The maximum atomic E-state index is 12.7. The Labute approximate surface area is 183 Å². The third-order valence-electron chi connectivity index (χ3n) is 4.96. The molecule has 1 saturated heterocycles. The van der Waals surface area contributed by atoms with E-state index in [2.05, 4.69) is 25.2 Å². The average molecular weight is 439 g/mol. The van der Waals surface area contributed by atoms with Crippen LogP contribution in [0.2, 0.25) is 0 Å². The van der Waals surface area contributed by atoms with Gasteiger partial charge in [0.25, 0.3) is 5.91 Å². The smallest absolute Gasteiger partial charge is 0.277 e. The summed E-state index contributed by atoms with van der Waals surface area (Å²) in [6.45, 7) is 2.75. The Morgan fingerprint density at radius 1 is 1.16 bits per heavy atom. The number of ether oxygens (including phenoxy) is 1. The van der Waals surface area contributed by atoms with Crippen molar-refractivity contribution >= 4 is 34.0 Å². The van der Waals surface area contributed by atoms with Crippen LogP contribution in [0.25, 0.3) is 0 Å². The van der Waals surface area contributed by atoms with Crippen LogP contribution in [0, 0.1) is 0 Å². The third kappa shape index (κ3) is 4.97. The van der Waals surface area contributed by atoms with Crippen molar-refractivity contribution in [3.8, 4) is 5.75 Å². The minimum absolute atomic E-state index is 0.0248. The van der Waals surface area contributed by atoms with E-state index in [9.17, 15) is 9.59 Å². The van der Waals surface area contributed by atoms with Crippen LogP contribution in [0.1, 0.15) is 16.2 Å². The lowest BCUT2D eigenvalue weighted by molar-refractivity contribution is -0.130. The highest BCUT2D eigenvalue weighted by atomic mass is 32.1. The first-order chi connectivity index (χ1) is 15.1. The molecule has 1 aliphatic heterocycles. The van der Waals surface area contributed by atoms with Crippen molar-refractivity contribution in [2.24, 2.45) is 0 Å². The Morgan fingerprint density at radius 2 is 1.97 bits per heavy atom. The van der Waals surface area contributed by atoms with Crippen molar-refractivity contribution in [1.29, 1.82) is 0 Å². The highest BCUT2D eigenvalue weighted by Gasteiger charge is 2.23. The number of piperazine rings is 1. The fourth-order valence-electron chi connectivity index (χ4n) is 3.38. The predicted molar refractivity (Wildman–Crippen MR) is 118 cm³/mol. The number of hydrogen-bond donors (Lipinski definition) is 1. The molecular formula is C21H22N6O3S. The summed E-state index contributed by atoms with van der Waals surface area (Å²) in [6, 6.07) is 7.90. The highest BCUT2D eigenvalue weighted by Crippen LogP contribution is 2.28. The summed E-state index contributed by atoms with van der Waals surface area (Å²) >= 11 is 1.28. The van der Waals surface area contributed by atoms with Crippen LogP contribution in [0.3, 0.4) is 0 Å². The number of rotatable bonds is 6. The second kappa shape index (κ2) is 9.52. The second-order valence-electron chi connectivity index (χ2n) is 6.91. The lowest BCUT2D eigenvalue weighted by Gasteiger charge is -2.36. The molecule has 0 bridgehead atoms. The van der Waals surface area contributed by atoms with Crippen molar-refractivity contribution in [2.75, 3.05) is 43.5 Å². The number of amides is 2. The van der Waals surface area contributed by atoms with Crippen molar-refractivity contribution in [1.82, 2.24) is 19.9 Å². The normalized spacial score (nSPS) is 13.7. The van der Waals surface area contributed by atoms with E-state index in [4.69, 9.17) is 4.74 Å². The number of carbonyl (C=O) groups is 2. The van der Waals surface area contributed by atoms with Crippen molar-refractivity contribution in [3.05, 3.63) is 59.6 Å². The van der Waals surface area contributed by atoms with Crippen molar-refractivity contribution < 1.29 is 14.3 Å². The van der Waals surface area contributed by atoms with Crippen LogP contribution >= 0.6 is 11.3 Å². The average Bonchev–Trinajstić information content (AvgIpc) is 3.26. The van der Waals surface area contributed by atoms with Gasteiger partial charge in [-0.3, -0.25) is 19.9 Å². The maximum absolute atomic E-state index is 12.7. The molecule has 0 saturated carbocycles. The fraction of sp³-hybridized carbons (Fsp3) is 0.286. The van der Waals surface area contributed by atoms with Crippen LogP contribution in [0.15, 0.2) is 48.2 Å². The molecule has 9 nitrogen and oxygen atoms in total. The van der Waals surface area contributed by atoms with Gasteiger partial charge in [0.05, 0.1) is 31.1 Å². The molecule has 10 heteroatoms. The summed E-state index contributed by atoms with van der Waals surface area (Å²) in [5.74, 6) is 0.477. The van der Waals surface area contributed by atoms with E-state index < -0.39 is 0 Å². The number of thiazole rings is 1. The Bertz CT molecular complexity index is 1050. The van der Waals surface area contributed by atoms with Gasteiger partial charge in [0, 0.05) is 44.0 Å². The SMILES string of the molecule is COc1ccccc1N1CCN(C(=O)Cc2csc(NC(=O)c3cnccn3)n2)CC1. The van der Waals surface area contributed by atoms with E-state index in [0.717, 1.165) is 24.5 Å². The molecule has 1 N–H and O–H groups in total. The van der Waals surface area contributed by atoms with E-state index in [1.165, 1.54) is 29.9 Å². The molecule has 1 aliphatic rings. The molecule has 0 unspecified atom stereocenters. The van der Waals surface area contributed by atoms with Gasteiger partial charge in [0.1, 0.15) is 11.4 Å². The monoisotopic (exact) mass is 438 g/mol. The molecule has 0 atom stereocenters. The first-order valence-corrected chi connectivity index (χ1v) is 10.7. The Morgan fingerprint density at radius 3 is 2.71 bits per heavy atom. The largest absolute Gasteiger partial charge is 0.495 e. The van der Waals surface area contributed by atoms with Gasteiger partial charge in [0.2, 0.25) is 5.91 Å². The Kier molecular flexibility index (Phi) is 6.37. The highest BCUT2D eigenvalue weighted by molar-refractivity contribution is 7.14. The van der Waals surface area contributed by atoms with Gasteiger partial charge in [-0.15, -0.1) is 11.3 Å². The fourth-order valence-corrected chi connectivity index (χ4v) is 4.08. The third-order valence-corrected chi connectivity index (χ3v) is 5.77. The standard InChI is InChI=1S/C21H22N6O3S/c1-30-18-5-3-2-4-17(18)26-8-10-27(11-9-26)19(28)12-15-14-31-21(24-15)25-20(29)16-13-22-6-7-23-16/h2-7,13-14H,8-12H2,1H3,(H,24,25,29). The van der Waals surface area contributed by atoms with Crippen LogP contribution in [0.4, 0.5) is 10.8 Å². The Hall–Kier alpha value is -3.53. The number of para-hydroxylation sites is 2. The molecular weight excluding hydrogens is 416 g/mol. The van der Waals surface area contributed by atoms with E-state index >= 15 is 0 Å². The molecule has 3 heterocycles. The van der Waals surface area contributed by atoms with Gasteiger partial charge >= 0.3 is 0 Å². The van der Waals surface area contributed by atoms with Gasteiger partial charge in [-0.25, -0.2) is 9.97 Å². The number of nitrogens with one attached hydrogen (secondary N) is 1. The van der Waals surface area contributed by atoms with Gasteiger partial charge in [-0.1, -0.05) is 12.1 Å². The molecule has 160 valence electrons. The van der Waals surface area contributed by atoms with E-state index in [0.29, 0.717) is 23.9 Å². The molecule has 3 aromatic rings. The number of aromatic nitrogens is 3. The summed E-state index contributed by atoms with van der Waals surface area (Å²) in [4.78, 5) is 41.2. The quantitative estimate of drug-likeness (QED) is 0.629. The zero-order valence-electron chi connectivity index (χ0n) is 17.0. The van der Waals surface area contributed by atoms with E-state index in [1.54, 1.807) is 12.5 Å². The first kappa shape index (κ1) is 20.7. The topological polar surface area (TPSA) is 101 Å². The zero-order chi connectivity index (χ0) is 21.6. The molecule has 0 spiro atoms. The number of hydrogen-bond acceptors (Lipinski definition) is 8. The minimum Gasteiger partial charge on any atom is -0.495 e. The zero-order valence-corrected chi connectivity index (χ0v) is 17.8. The van der Waals surface area contributed by atoms with Crippen LogP contribution in [-0.4, -0.2) is 65.0 Å². The maximum Gasteiger partial charge on any atom is 0.277 e. The predicted octanol–water partition coefficient (Wildman–Crippen LogP) is 2.09. The molecule has 1 fully saturated rings. The minimum atomic E-state index is -0.382. The number of methoxy groups -OCH3 is 1. The molecule has 31 heavy (non-hydrogen) atoms. The summed E-state index contributed by atoms with van der Waals surface area (Å²) in [5.41, 5.74) is 1.89. The van der Waals surface area contributed by atoms with Gasteiger partial charge in [-0.2, -0.15) is 0 Å². The second-order valence-corrected chi connectivity index (χ2v) is 7.76. The summed E-state index contributed by atoms with van der Waals surface area (Å²) in [5, 5.41) is 4.91. The number of benzene rings is 1. The van der Waals surface area contributed by atoms with E-state index in [-0.39, 0.29) is 23.9 Å². The number of carbonyl (C=O) groups excluding carboxylic acids is 2. The van der Waals surface area contributed by atoms with Crippen LogP contribution < -0.4 is 15.0 Å².